The molecule has 170 valence electrons. The van der Waals surface area contributed by atoms with E-state index in [9.17, 15) is 14.7 Å². The van der Waals surface area contributed by atoms with Crippen LogP contribution >= 0.6 is 0 Å². The van der Waals surface area contributed by atoms with Gasteiger partial charge in [-0.25, -0.2) is 0 Å². The van der Waals surface area contributed by atoms with Gasteiger partial charge in [0.05, 0.1) is 11.6 Å². The zero-order valence-electron chi connectivity index (χ0n) is 20.0. The minimum Gasteiger partial charge on any atom is -0.503 e. The number of carbonyl (C=O) groups excluding carboxylic acids is 2. The Morgan fingerprint density at radius 3 is 2.25 bits per heavy atom. The van der Waals surface area contributed by atoms with E-state index in [1.807, 2.05) is 70.2 Å². The van der Waals surface area contributed by atoms with Crippen molar-refractivity contribution in [2.75, 3.05) is 22.9 Å². The highest BCUT2D eigenvalue weighted by molar-refractivity contribution is 6.16. The van der Waals surface area contributed by atoms with Crippen LogP contribution in [0.2, 0.25) is 0 Å². The van der Waals surface area contributed by atoms with Crippen molar-refractivity contribution in [1.29, 1.82) is 0 Å². The van der Waals surface area contributed by atoms with Crippen LogP contribution in [-0.4, -0.2) is 29.9 Å². The van der Waals surface area contributed by atoms with Crippen molar-refractivity contribution in [3.63, 3.8) is 0 Å². The highest BCUT2D eigenvalue weighted by Gasteiger charge is 2.44. The van der Waals surface area contributed by atoms with Crippen LogP contribution in [0.3, 0.4) is 0 Å². The summed E-state index contributed by atoms with van der Waals surface area (Å²) in [6.07, 6.45) is 0.279. The number of carbonyl (C=O) groups is 2. The number of amides is 1. The van der Waals surface area contributed by atoms with E-state index in [-0.39, 0.29) is 23.7 Å². The van der Waals surface area contributed by atoms with E-state index < -0.39 is 17.7 Å². The summed E-state index contributed by atoms with van der Waals surface area (Å²) >= 11 is 0. The summed E-state index contributed by atoms with van der Waals surface area (Å²) in [4.78, 5) is 30.3. The molecule has 5 nitrogen and oxygen atoms in total. The van der Waals surface area contributed by atoms with Gasteiger partial charge in [0.2, 0.25) is 0 Å². The summed E-state index contributed by atoms with van der Waals surface area (Å²) in [6.45, 7) is 13.9. The molecule has 1 amide bonds. The minimum absolute atomic E-state index is 0.123. The van der Waals surface area contributed by atoms with Gasteiger partial charge in [0, 0.05) is 30.9 Å². The van der Waals surface area contributed by atoms with Crippen LogP contribution in [0.15, 0.2) is 53.8 Å². The largest absolute Gasteiger partial charge is 0.503 e. The normalized spacial score (nSPS) is 16.3. The first kappa shape index (κ1) is 23.6. The van der Waals surface area contributed by atoms with Crippen LogP contribution in [0.4, 0.5) is 11.4 Å². The van der Waals surface area contributed by atoms with E-state index in [4.69, 9.17) is 0 Å². The Bertz CT molecular complexity index is 1030. The number of nitrogens with zero attached hydrogens (tertiary/aromatic N) is 2. The third-order valence-electron chi connectivity index (χ3n) is 6.28. The third kappa shape index (κ3) is 4.29. The van der Waals surface area contributed by atoms with Gasteiger partial charge in [0.25, 0.3) is 5.91 Å². The Hall–Kier alpha value is -3.08. The molecule has 0 bridgehead atoms. The Morgan fingerprint density at radius 1 is 1.06 bits per heavy atom. The summed E-state index contributed by atoms with van der Waals surface area (Å²) < 4.78 is 0. The predicted molar refractivity (Wildman–Crippen MR) is 130 cm³/mol. The van der Waals surface area contributed by atoms with Gasteiger partial charge >= 0.3 is 0 Å². The molecule has 2 aromatic carbocycles. The molecule has 1 unspecified atom stereocenters. The van der Waals surface area contributed by atoms with E-state index in [0.717, 1.165) is 35.5 Å². The van der Waals surface area contributed by atoms with E-state index in [1.54, 1.807) is 4.90 Å². The fourth-order valence-corrected chi connectivity index (χ4v) is 4.39. The Morgan fingerprint density at radius 2 is 1.69 bits per heavy atom. The van der Waals surface area contributed by atoms with E-state index >= 15 is 0 Å². The van der Waals surface area contributed by atoms with Crippen molar-refractivity contribution < 1.29 is 14.7 Å². The highest BCUT2D eigenvalue weighted by Crippen LogP contribution is 2.43. The molecule has 0 saturated carbocycles. The second kappa shape index (κ2) is 9.60. The molecular weight excluding hydrogens is 400 g/mol. The van der Waals surface area contributed by atoms with Gasteiger partial charge in [-0.3, -0.25) is 14.5 Å². The smallest absolute Gasteiger partial charge is 0.294 e. The lowest BCUT2D eigenvalue weighted by atomic mass is 9.91. The van der Waals surface area contributed by atoms with Crippen molar-refractivity contribution in [3.05, 3.63) is 70.5 Å². The molecule has 1 aliphatic heterocycles. The molecule has 0 aliphatic carbocycles. The molecule has 32 heavy (non-hydrogen) atoms. The first-order valence-corrected chi connectivity index (χ1v) is 11.4. The van der Waals surface area contributed by atoms with E-state index in [0.29, 0.717) is 5.69 Å². The van der Waals surface area contributed by atoms with Crippen LogP contribution in [0, 0.1) is 19.8 Å². The molecule has 0 spiro atoms. The average Bonchev–Trinajstić information content (AvgIpc) is 3.02. The molecule has 0 fully saturated rings. The fraction of sp³-hybridized carbons (Fsp3) is 0.407. The first-order chi connectivity index (χ1) is 15.2. The number of hydrogen-bond acceptors (Lipinski definition) is 4. The lowest BCUT2D eigenvalue weighted by molar-refractivity contribution is -0.118. The number of Topliss-reactive ketones (excluding diaryl/α,β-unsaturated/α-hetero) is 1. The number of aliphatic hydroxyl groups excluding tert-OH is 1. The minimum atomic E-state index is -0.653. The second-order valence-corrected chi connectivity index (χ2v) is 8.84. The van der Waals surface area contributed by atoms with Crippen molar-refractivity contribution in [2.24, 2.45) is 5.92 Å². The highest BCUT2D eigenvalue weighted by atomic mass is 16.3. The molecule has 5 heteroatoms. The van der Waals surface area contributed by atoms with Crippen molar-refractivity contribution >= 4 is 23.1 Å². The van der Waals surface area contributed by atoms with Gasteiger partial charge in [-0.2, -0.15) is 0 Å². The number of aryl methyl sites for hydroxylation is 1. The van der Waals surface area contributed by atoms with Gasteiger partial charge in [-0.15, -0.1) is 0 Å². The number of ketones is 1. The number of rotatable bonds is 8. The van der Waals surface area contributed by atoms with Gasteiger partial charge in [0.15, 0.2) is 11.5 Å². The maximum Gasteiger partial charge on any atom is 0.294 e. The lowest BCUT2D eigenvalue weighted by Crippen LogP contribution is -2.32. The molecular formula is C27H34N2O3. The third-order valence-corrected chi connectivity index (χ3v) is 6.28. The molecule has 0 saturated heterocycles. The van der Waals surface area contributed by atoms with Gasteiger partial charge in [-0.1, -0.05) is 38.1 Å². The Kier molecular flexibility index (Phi) is 7.07. The molecule has 3 rings (SSSR count). The number of anilines is 2. The number of aliphatic hydroxyl groups is 1. The molecule has 0 aromatic heterocycles. The Balaban J connectivity index is 2.15. The van der Waals surface area contributed by atoms with Crippen LogP contribution in [-0.2, 0) is 9.59 Å². The van der Waals surface area contributed by atoms with Crippen LogP contribution in [0.25, 0.3) is 0 Å². The van der Waals surface area contributed by atoms with Crippen molar-refractivity contribution in [1.82, 2.24) is 0 Å². The summed E-state index contributed by atoms with van der Waals surface area (Å²) in [5, 5.41) is 10.8. The summed E-state index contributed by atoms with van der Waals surface area (Å²) in [7, 11) is 0. The predicted octanol–water partition coefficient (Wildman–Crippen LogP) is 5.66. The topological polar surface area (TPSA) is 60.9 Å². The van der Waals surface area contributed by atoms with Crippen LogP contribution in [0.5, 0.6) is 0 Å². The monoisotopic (exact) mass is 434 g/mol. The van der Waals surface area contributed by atoms with Crippen molar-refractivity contribution in [2.45, 2.75) is 54.0 Å². The van der Waals surface area contributed by atoms with E-state index in [2.05, 4.69) is 18.7 Å². The molecule has 1 heterocycles. The SMILES string of the molecule is CCN(CC)c1ccc(C2C(C(=O)CC(C)C)=C(O)C(=O)N2c2cccc(C)c2C)cc1. The molecule has 1 N–H and O–H groups in total. The van der Waals surface area contributed by atoms with E-state index in [1.165, 1.54) is 0 Å². The zero-order chi connectivity index (χ0) is 23.6. The van der Waals surface area contributed by atoms with Gasteiger partial charge in [-0.05, 0) is 68.5 Å². The average molecular weight is 435 g/mol. The fourth-order valence-electron chi connectivity index (χ4n) is 4.39. The quantitative estimate of drug-likeness (QED) is 0.582. The molecule has 1 aliphatic rings. The summed E-state index contributed by atoms with van der Waals surface area (Å²) in [6, 6.07) is 13.1. The molecule has 0 radical (unpaired) electrons. The van der Waals surface area contributed by atoms with Gasteiger partial charge < -0.3 is 10.0 Å². The Labute approximate surface area is 191 Å². The lowest BCUT2D eigenvalue weighted by Gasteiger charge is -2.29. The van der Waals surface area contributed by atoms with Gasteiger partial charge in [0.1, 0.15) is 0 Å². The van der Waals surface area contributed by atoms with Crippen molar-refractivity contribution in [3.8, 4) is 0 Å². The maximum absolute atomic E-state index is 13.3. The molecule has 1 atom stereocenters. The summed E-state index contributed by atoms with van der Waals surface area (Å²) in [5.41, 5.74) is 4.81. The summed E-state index contributed by atoms with van der Waals surface area (Å²) in [5.74, 6) is -1.02. The standard InChI is InChI=1S/C27H34N2O3/c1-7-28(8-2)21-14-12-20(13-15-21)25-24(23(30)16-17(3)4)26(31)27(32)29(25)22-11-9-10-18(5)19(22)6/h9-15,17,25,31H,7-8,16H2,1-6H3. The van der Waals surface area contributed by atoms with Crippen LogP contribution in [0.1, 0.15) is 56.8 Å². The second-order valence-electron chi connectivity index (χ2n) is 8.84. The molecule has 2 aromatic rings. The number of hydrogen-bond donors (Lipinski definition) is 1. The maximum atomic E-state index is 13.3. The number of benzene rings is 2. The zero-order valence-corrected chi connectivity index (χ0v) is 20.0. The first-order valence-electron chi connectivity index (χ1n) is 11.4. The van der Waals surface area contributed by atoms with Crippen LogP contribution < -0.4 is 9.80 Å².